The van der Waals surface area contributed by atoms with Gasteiger partial charge in [0.25, 0.3) is 0 Å². The van der Waals surface area contributed by atoms with Gasteiger partial charge < -0.3 is 26.3 Å². The molecule has 0 bridgehead atoms. The van der Waals surface area contributed by atoms with Crippen LogP contribution in [0, 0.1) is 16.2 Å². The molecule has 0 aromatic heterocycles. The summed E-state index contributed by atoms with van der Waals surface area (Å²) in [6, 6.07) is 0. The van der Waals surface area contributed by atoms with Gasteiger partial charge in [0.2, 0.25) is 18.2 Å². The van der Waals surface area contributed by atoms with Crippen LogP contribution in [0.5, 0.6) is 0 Å². The van der Waals surface area contributed by atoms with Crippen LogP contribution in [0.2, 0.25) is 0 Å². The average molecular weight is 377 g/mol. The molecule has 0 amide bonds. The summed E-state index contributed by atoms with van der Waals surface area (Å²) in [6.45, 7) is 0. The maximum absolute atomic E-state index is 9.10. The van der Waals surface area contributed by atoms with Crippen molar-refractivity contribution in [2.75, 3.05) is 0 Å². The molecule has 0 aromatic rings. The molecule has 14 nitrogen and oxygen atoms in total. The van der Waals surface area contributed by atoms with E-state index in [1.807, 2.05) is 0 Å². The smallest absolute Gasteiger partial charge is 1.00 e. The number of carbonyl (C=O) groups is 2. The number of isocyanates is 3. The standard InChI is InChI=1S/C2H2O4.3CHNO.FH.K.H3O4P.H/c3-1(4)2(5)6;3*2-1-3;;;1-5(2,3)4;/h(H,3,4)(H,5,6);3*2H;1H;;(H3,1,2,3,4);/q;;;;;+1;;-1. The third kappa shape index (κ3) is 778. The second kappa shape index (κ2) is 36.7. The molecular formula is C5H10FKN3O11P. The van der Waals surface area contributed by atoms with Gasteiger partial charge in [0.1, 0.15) is 0 Å². The zero-order valence-corrected chi connectivity index (χ0v) is 14.6. The largest absolute Gasteiger partial charge is 1.00 e. The Labute approximate surface area is 164 Å². The van der Waals surface area contributed by atoms with Crippen molar-refractivity contribution in [2.24, 2.45) is 0 Å². The maximum atomic E-state index is 9.10. The molecule has 0 aliphatic heterocycles. The molecule has 0 saturated heterocycles. The second-order valence-electron chi connectivity index (χ2n) is 1.43. The molecule has 0 aliphatic carbocycles. The van der Waals surface area contributed by atoms with Gasteiger partial charge >= 0.3 is 71.1 Å². The van der Waals surface area contributed by atoms with Crippen molar-refractivity contribution < 1.29 is 111 Å². The van der Waals surface area contributed by atoms with Crippen molar-refractivity contribution in [1.29, 1.82) is 16.2 Å². The summed E-state index contributed by atoms with van der Waals surface area (Å²) in [5.41, 5.74) is 0. The maximum Gasteiger partial charge on any atom is 1.00 e. The van der Waals surface area contributed by atoms with Gasteiger partial charge in [0.05, 0.1) is 0 Å². The van der Waals surface area contributed by atoms with Gasteiger partial charge in [0.15, 0.2) is 0 Å². The number of carboxylic acid groups (broad SMARTS) is 2. The first kappa shape index (κ1) is 42.8. The Kier molecular flexibility index (Phi) is 71.5. The van der Waals surface area contributed by atoms with E-state index in [2.05, 4.69) is 0 Å². The average Bonchev–Trinajstić information content (AvgIpc) is 2.18. The minimum absolute atomic E-state index is 0. The fraction of sp³-hybridized carbons (Fsp3) is 0. The van der Waals surface area contributed by atoms with Crippen LogP contribution < -0.4 is 51.4 Å². The van der Waals surface area contributed by atoms with Crippen molar-refractivity contribution in [3.63, 3.8) is 0 Å². The van der Waals surface area contributed by atoms with E-state index < -0.39 is 19.8 Å². The molecule has 8 N–H and O–H groups in total. The molecule has 0 unspecified atom stereocenters. The molecule has 0 heterocycles. The van der Waals surface area contributed by atoms with Gasteiger partial charge in [0, 0.05) is 0 Å². The number of carbonyl (C=O) groups excluding carboxylic acids is 3. The van der Waals surface area contributed by atoms with Crippen LogP contribution in [-0.2, 0) is 28.5 Å². The first-order valence-corrected chi connectivity index (χ1v) is 4.82. The Balaban J connectivity index is -0.0000000204. The Bertz CT molecular complexity index is 377. The number of aliphatic carboxylic acids is 2. The zero-order chi connectivity index (χ0) is 17.8. The Hall–Kier alpha value is -1.24. The fourth-order valence-corrected chi connectivity index (χ4v) is 0. The van der Waals surface area contributed by atoms with Gasteiger partial charge in [-0.25, -0.2) is 44.8 Å². The number of carboxylic acids is 2. The summed E-state index contributed by atoms with van der Waals surface area (Å²) in [7, 11) is -4.64. The monoisotopic (exact) mass is 377 g/mol. The van der Waals surface area contributed by atoms with Crippen molar-refractivity contribution >= 4 is 38.0 Å². The number of halogens is 1. The van der Waals surface area contributed by atoms with E-state index in [1.54, 1.807) is 0 Å². The number of nitrogens with one attached hydrogen (secondary N) is 3. The number of hydrogen-bond acceptors (Lipinski definition) is 9. The molecule has 17 heteroatoms. The quantitative estimate of drug-likeness (QED) is 0.0651. The van der Waals surface area contributed by atoms with Crippen LogP contribution in [0.15, 0.2) is 0 Å². The third-order valence-electron chi connectivity index (χ3n) is 0.183. The molecular weight excluding hydrogens is 367 g/mol. The van der Waals surface area contributed by atoms with Gasteiger partial charge in [-0.3, -0.25) is 4.70 Å². The van der Waals surface area contributed by atoms with Gasteiger partial charge in [-0.15, -0.1) is 0 Å². The van der Waals surface area contributed by atoms with Crippen molar-refractivity contribution in [1.82, 2.24) is 0 Å². The summed E-state index contributed by atoms with van der Waals surface area (Å²) in [6.07, 6.45) is 2.25. The van der Waals surface area contributed by atoms with Crippen molar-refractivity contribution in [3.8, 4) is 0 Å². The first-order chi connectivity index (χ1) is 8.89. The summed E-state index contributed by atoms with van der Waals surface area (Å²) in [5, 5.41) is 31.0. The summed E-state index contributed by atoms with van der Waals surface area (Å²) in [5.74, 6) is -3.65. The normalized spacial score (nSPS) is 5.77. The minimum atomic E-state index is -4.64. The van der Waals surface area contributed by atoms with Crippen LogP contribution in [0.25, 0.3) is 0 Å². The van der Waals surface area contributed by atoms with E-state index in [0.29, 0.717) is 0 Å². The Morgan fingerprint density at radius 1 is 0.818 bits per heavy atom. The molecule has 0 saturated carbocycles. The molecule has 0 fully saturated rings. The van der Waals surface area contributed by atoms with Crippen LogP contribution in [-0.4, -0.2) is 55.1 Å². The molecule has 0 aliphatic rings. The second-order valence-corrected chi connectivity index (χ2v) is 2.46. The predicted molar refractivity (Wildman–Crippen MR) is 58.4 cm³/mol. The number of phosphoric acid groups is 1. The van der Waals surface area contributed by atoms with Crippen LogP contribution in [0.3, 0.4) is 0 Å². The molecule has 0 rings (SSSR count). The van der Waals surface area contributed by atoms with Crippen molar-refractivity contribution in [2.45, 2.75) is 0 Å². The SMILES string of the molecule is F.N=C=O.N=C=O.N=C=O.O=C(O)C(=O)O.O=P(O)(O)O.[H-].[K+]. The van der Waals surface area contributed by atoms with E-state index >= 15 is 0 Å². The Morgan fingerprint density at radius 3 is 0.864 bits per heavy atom. The molecule has 0 spiro atoms. The number of hydrogen-bond donors (Lipinski definition) is 8. The fourth-order valence-electron chi connectivity index (χ4n) is 0. The van der Waals surface area contributed by atoms with Gasteiger partial charge in [-0.1, -0.05) is 0 Å². The molecule has 0 atom stereocenters. The molecule has 22 heavy (non-hydrogen) atoms. The molecule has 124 valence electrons. The number of rotatable bonds is 0. The van der Waals surface area contributed by atoms with Gasteiger partial charge in [-0.2, -0.15) is 0 Å². The molecule has 0 radical (unpaired) electrons. The minimum Gasteiger partial charge on any atom is -1.00 e. The van der Waals surface area contributed by atoms with Crippen LogP contribution in [0.1, 0.15) is 1.43 Å². The van der Waals surface area contributed by atoms with E-state index in [-0.39, 0.29) is 57.5 Å². The zero-order valence-electron chi connectivity index (χ0n) is 11.5. The van der Waals surface area contributed by atoms with Crippen LogP contribution >= 0.6 is 7.82 Å². The Morgan fingerprint density at radius 2 is 0.864 bits per heavy atom. The summed E-state index contributed by atoms with van der Waals surface area (Å²) in [4.78, 5) is 64.8. The third-order valence-corrected chi connectivity index (χ3v) is 0.183. The summed E-state index contributed by atoms with van der Waals surface area (Å²) < 4.78 is 8.88. The molecule has 0 aromatic carbocycles. The van der Waals surface area contributed by atoms with E-state index in [4.69, 9.17) is 69.7 Å². The van der Waals surface area contributed by atoms with E-state index in [9.17, 15) is 0 Å². The summed E-state index contributed by atoms with van der Waals surface area (Å²) >= 11 is 0. The van der Waals surface area contributed by atoms with E-state index in [1.165, 1.54) is 0 Å². The van der Waals surface area contributed by atoms with Crippen LogP contribution in [0.4, 0.5) is 4.70 Å². The van der Waals surface area contributed by atoms with Gasteiger partial charge in [-0.05, 0) is 0 Å². The first-order valence-electron chi connectivity index (χ1n) is 3.25. The van der Waals surface area contributed by atoms with E-state index in [0.717, 1.165) is 18.2 Å². The topological polar surface area (TPSA) is 275 Å². The predicted octanol–water partition coefficient (Wildman–Crippen LogP) is -4.80. The van der Waals surface area contributed by atoms with Crippen molar-refractivity contribution in [3.05, 3.63) is 0 Å².